The molecule has 0 saturated carbocycles. The summed E-state index contributed by atoms with van der Waals surface area (Å²) in [7, 11) is 0. The Bertz CT molecular complexity index is 188. The first kappa shape index (κ1) is 46.3. The molecule has 0 atom stereocenters. The normalized spacial score (nSPS) is 8.82. The molecule has 0 nitrogen and oxygen atoms in total. The first-order chi connectivity index (χ1) is 13.0. The Labute approximate surface area is 190 Å². The number of rotatable bonds is 8. The van der Waals surface area contributed by atoms with Gasteiger partial charge < -0.3 is 0 Å². The van der Waals surface area contributed by atoms with Crippen molar-refractivity contribution in [1.82, 2.24) is 0 Å². The third-order valence-electron chi connectivity index (χ3n) is 3.40. The van der Waals surface area contributed by atoms with Crippen molar-refractivity contribution in [2.75, 3.05) is 0 Å². The zero-order valence-corrected chi connectivity index (χ0v) is 23.4. The van der Waals surface area contributed by atoms with E-state index in [4.69, 9.17) is 0 Å². The maximum atomic E-state index is 2.36. The van der Waals surface area contributed by atoms with E-state index in [1.807, 2.05) is 41.5 Å². The van der Waals surface area contributed by atoms with E-state index in [-0.39, 0.29) is 7.43 Å². The Hall–Kier alpha value is 0.0900. The molecule has 0 fully saturated rings. The highest BCUT2D eigenvalue weighted by Crippen LogP contribution is 2.28. The minimum Gasteiger partial charge on any atom is -0.128 e. The summed E-state index contributed by atoms with van der Waals surface area (Å²) in [4.78, 5) is 1.58. The summed E-state index contributed by atoms with van der Waals surface area (Å²) in [6.07, 6.45) is 11.2. The van der Waals surface area contributed by atoms with Gasteiger partial charge in [0.05, 0.1) is 0 Å². The van der Waals surface area contributed by atoms with Crippen LogP contribution in [0.2, 0.25) is 0 Å². The molecule has 180 valence electrons. The van der Waals surface area contributed by atoms with Crippen LogP contribution in [0, 0.1) is 5.92 Å². The quantitative estimate of drug-likeness (QED) is 0.374. The summed E-state index contributed by atoms with van der Waals surface area (Å²) in [5, 5.41) is 0.836. The Kier molecular flexibility index (Phi) is 93.3. The third-order valence-corrected chi connectivity index (χ3v) is 5.16. The molecule has 0 aromatic heterocycles. The standard InChI is InChI=1S/C11H22S.C6H14.C3H8.3C2H6.CH4/c1-5-9-11(8-4)12-10(6-2)7-3;1-4-6(3)5-2;1-3-2;3*1-2;/h9-10H,5-8H2,1-4H3;6H,4-5H2,1-3H3;3H2,1-2H3;3*1-2H3;1H4/b11-9-;;;;;;. The molecule has 0 amide bonds. The van der Waals surface area contributed by atoms with Crippen LogP contribution in [-0.2, 0) is 0 Å². The molecule has 0 aromatic rings. The summed E-state index contributed by atoms with van der Waals surface area (Å²) >= 11 is 2.08. The maximum absolute atomic E-state index is 2.36. The molecule has 0 aliphatic carbocycles. The van der Waals surface area contributed by atoms with Gasteiger partial charge in [0.1, 0.15) is 0 Å². The van der Waals surface area contributed by atoms with E-state index in [2.05, 4.69) is 80.2 Å². The smallest absolute Gasteiger partial charge is 0.00858 e. The Morgan fingerprint density at radius 3 is 1.14 bits per heavy atom. The lowest BCUT2D eigenvalue weighted by molar-refractivity contribution is 0.544. The number of hydrogen-bond acceptors (Lipinski definition) is 1. The van der Waals surface area contributed by atoms with Crippen LogP contribution in [0.15, 0.2) is 11.0 Å². The van der Waals surface area contributed by atoms with E-state index >= 15 is 0 Å². The molecule has 0 rings (SSSR count). The van der Waals surface area contributed by atoms with Crippen molar-refractivity contribution in [3.63, 3.8) is 0 Å². The van der Waals surface area contributed by atoms with Crippen molar-refractivity contribution in [2.45, 2.75) is 161 Å². The van der Waals surface area contributed by atoms with Crippen LogP contribution in [-0.4, -0.2) is 5.25 Å². The van der Waals surface area contributed by atoms with Crippen molar-refractivity contribution in [1.29, 1.82) is 0 Å². The average molecular weight is 423 g/mol. The van der Waals surface area contributed by atoms with Crippen LogP contribution in [0.4, 0.5) is 0 Å². The third kappa shape index (κ3) is 56.2. The van der Waals surface area contributed by atoms with E-state index < -0.39 is 0 Å². The van der Waals surface area contributed by atoms with Gasteiger partial charge in [-0.05, 0) is 36.5 Å². The van der Waals surface area contributed by atoms with Gasteiger partial charge in [-0.3, -0.25) is 0 Å². The summed E-state index contributed by atoms with van der Waals surface area (Å²) in [6.45, 7) is 32.0. The van der Waals surface area contributed by atoms with Crippen LogP contribution >= 0.6 is 11.8 Å². The summed E-state index contributed by atoms with van der Waals surface area (Å²) in [6, 6.07) is 0. The lowest BCUT2D eigenvalue weighted by atomic mass is 10.1. The minimum atomic E-state index is 0. The number of allylic oxidation sites excluding steroid dienone is 2. The molecular weight excluding hydrogens is 356 g/mol. The lowest BCUT2D eigenvalue weighted by Crippen LogP contribution is -1.98. The molecule has 0 unspecified atom stereocenters. The van der Waals surface area contributed by atoms with Gasteiger partial charge in [0.2, 0.25) is 0 Å². The number of thioether (sulfide) groups is 1. The first-order valence-corrected chi connectivity index (χ1v) is 13.2. The van der Waals surface area contributed by atoms with E-state index in [1.54, 1.807) is 4.91 Å². The highest BCUT2D eigenvalue weighted by Gasteiger charge is 2.05. The summed E-state index contributed by atoms with van der Waals surface area (Å²) in [5.41, 5.74) is 0. The van der Waals surface area contributed by atoms with Crippen molar-refractivity contribution in [3.8, 4) is 0 Å². The SMILES string of the molecule is C.CC.CC.CC.CC/C=C(/CC)SC(CC)CC.CCC.CCC(C)CC. The van der Waals surface area contributed by atoms with Crippen LogP contribution < -0.4 is 0 Å². The van der Waals surface area contributed by atoms with Gasteiger partial charge in [-0.25, -0.2) is 0 Å². The minimum absolute atomic E-state index is 0. The van der Waals surface area contributed by atoms with Crippen LogP contribution in [0.1, 0.15) is 156 Å². The van der Waals surface area contributed by atoms with Gasteiger partial charge in [0, 0.05) is 5.25 Å². The fourth-order valence-electron chi connectivity index (χ4n) is 1.46. The molecule has 1 heteroatoms. The van der Waals surface area contributed by atoms with E-state index in [0.717, 1.165) is 11.2 Å². The van der Waals surface area contributed by atoms with Crippen molar-refractivity contribution < 1.29 is 0 Å². The fraction of sp³-hybridized carbons (Fsp3) is 0.926. The Morgan fingerprint density at radius 2 is 1.00 bits per heavy atom. The second-order valence-electron chi connectivity index (χ2n) is 5.62. The second kappa shape index (κ2) is 56.3. The lowest BCUT2D eigenvalue weighted by Gasteiger charge is -2.13. The molecule has 0 N–H and O–H groups in total. The maximum Gasteiger partial charge on any atom is 0.00858 e. The molecule has 28 heavy (non-hydrogen) atoms. The van der Waals surface area contributed by atoms with Crippen molar-refractivity contribution >= 4 is 11.8 Å². The second-order valence-corrected chi connectivity index (χ2v) is 7.04. The van der Waals surface area contributed by atoms with Gasteiger partial charge in [-0.15, -0.1) is 11.8 Å². The monoisotopic (exact) mass is 422 g/mol. The van der Waals surface area contributed by atoms with E-state index in [1.165, 1.54) is 44.9 Å². The largest absolute Gasteiger partial charge is 0.128 e. The van der Waals surface area contributed by atoms with Crippen LogP contribution in [0.5, 0.6) is 0 Å². The molecule has 0 spiro atoms. The molecular formula is C27H66S. The van der Waals surface area contributed by atoms with Gasteiger partial charge in [0.25, 0.3) is 0 Å². The first-order valence-electron chi connectivity index (χ1n) is 12.4. The number of hydrogen-bond donors (Lipinski definition) is 0. The molecule has 0 saturated heterocycles. The highest BCUT2D eigenvalue weighted by atomic mass is 32.2. The predicted molar refractivity (Wildman–Crippen MR) is 147 cm³/mol. The van der Waals surface area contributed by atoms with Crippen molar-refractivity contribution in [2.24, 2.45) is 5.92 Å². The zero-order valence-electron chi connectivity index (χ0n) is 22.6. The van der Waals surface area contributed by atoms with E-state index in [9.17, 15) is 0 Å². The van der Waals surface area contributed by atoms with Crippen LogP contribution in [0.3, 0.4) is 0 Å². The molecule has 0 heterocycles. The molecule has 0 aromatic carbocycles. The van der Waals surface area contributed by atoms with Gasteiger partial charge >= 0.3 is 0 Å². The molecule has 0 bridgehead atoms. The zero-order chi connectivity index (χ0) is 23.1. The van der Waals surface area contributed by atoms with Gasteiger partial charge in [-0.1, -0.05) is 137 Å². The van der Waals surface area contributed by atoms with Gasteiger partial charge in [-0.2, -0.15) is 0 Å². The summed E-state index contributed by atoms with van der Waals surface area (Å²) < 4.78 is 0. The average Bonchev–Trinajstić information content (AvgIpc) is 2.75. The fourth-order valence-corrected chi connectivity index (χ4v) is 2.65. The molecule has 0 aliphatic heterocycles. The Balaban J connectivity index is -0.0000000466. The Morgan fingerprint density at radius 1 is 0.679 bits per heavy atom. The van der Waals surface area contributed by atoms with Crippen LogP contribution in [0.25, 0.3) is 0 Å². The van der Waals surface area contributed by atoms with E-state index in [0.29, 0.717) is 0 Å². The molecule has 0 radical (unpaired) electrons. The topological polar surface area (TPSA) is 0 Å². The van der Waals surface area contributed by atoms with Gasteiger partial charge in [0.15, 0.2) is 0 Å². The molecule has 0 aliphatic rings. The highest BCUT2D eigenvalue weighted by molar-refractivity contribution is 8.03. The predicted octanol–water partition coefficient (Wildman–Crippen LogP) is 12.2. The van der Waals surface area contributed by atoms with Crippen molar-refractivity contribution in [3.05, 3.63) is 11.0 Å². The summed E-state index contributed by atoms with van der Waals surface area (Å²) in [5.74, 6) is 0.935.